The quantitative estimate of drug-likeness (QED) is 0.617. The van der Waals surface area contributed by atoms with E-state index in [1.165, 1.54) is 23.5 Å². The third-order valence-electron chi connectivity index (χ3n) is 2.42. The van der Waals surface area contributed by atoms with Crippen LogP contribution < -0.4 is 0 Å². The summed E-state index contributed by atoms with van der Waals surface area (Å²) in [6.07, 6.45) is 0. The molecule has 3 aromatic rings. The molecule has 2 aromatic carbocycles. The molecular formula is C13H7ClFNS. The van der Waals surface area contributed by atoms with Crippen LogP contribution in [0.1, 0.15) is 0 Å². The number of nitrogens with zero attached hydrogens (tertiary/aromatic N) is 1. The first-order chi connectivity index (χ1) is 8.22. The Hall–Kier alpha value is -1.45. The Morgan fingerprint density at radius 1 is 1.12 bits per heavy atom. The van der Waals surface area contributed by atoms with E-state index < -0.39 is 0 Å². The standard InChI is InChI=1S/C13H7ClFNS/c14-9-3-1-2-8(6-9)13-16-11-5-4-10(15)7-12(11)17-13/h1-7H. The molecule has 17 heavy (non-hydrogen) atoms. The molecule has 0 bridgehead atoms. The van der Waals surface area contributed by atoms with Gasteiger partial charge >= 0.3 is 0 Å². The van der Waals surface area contributed by atoms with Crippen LogP contribution in [0.25, 0.3) is 20.8 Å². The summed E-state index contributed by atoms with van der Waals surface area (Å²) in [7, 11) is 0. The minimum absolute atomic E-state index is 0.237. The van der Waals surface area contributed by atoms with E-state index in [1.807, 2.05) is 24.3 Å². The van der Waals surface area contributed by atoms with Crippen molar-refractivity contribution >= 4 is 33.2 Å². The highest BCUT2D eigenvalue weighted by Crippen LogP contribution is 2.31. The van der Waals surface area contributed by atoms with Crippen molar-refractivity contribution in [1.82, 2.24) is 4.98 Å². The van der Waals surface area contributed by atoms with Crippen molar-refractivity contribution < 1.29 is 4.39 Å². The molecule has 0 aliphatic carbocycles. The lowest BCUT2D eigenvalue weighted by Crippen LogP contribution is -1.75. The van der Waals surface area contributed by atoms with Crippen LogP contribution in [0.5, 0.6) is 0 Å². The maximum Gasteiger partial charge on any atom is 0.124 e. The van der Waals surface area contributed by atoms with Gasteiger partial charge in [0.15, 0.2) is 0 Å². The molecule has 4 heteroatoms. The van der Waals surface area contributed by atoms with Crippen LogP contribution in [0.15, 0.2) is 42.5 Å². The number of halogens is 2. The van der Waals surface area contributed by atoms with Crippen LogP contribution in [0.2, 0.25) is 5.02 Å². The van der Waals surface area contributed by atoms with Gasteiger partial charge in [-0.15, -0.1) is 11.3 Å². The molecule has 0 N–H and O–H groups in total. The van der Waals surface area contributed by atoms with E-state index in [4.69, 9.17) is 11.6 Å². The van der Waals surface area contributed by atoms with Crippen LogP contribution in [0.3, 0.4) is 0 Å². The molecule has 0 amide bonds. The number of hydrogen-bond donors (Lipinski definition) is 0. The SMILES string of the molecule is Fc1ccc2nc(-c3cccc(Cl)c3)sc2c1. The molecule has 0 atom stereocenters. The second-order valence-electron chi connectivity index (χ2n) is 3.64. The summed E-state index contributed by atoms with van der Waals surface area (Å²) in [5, 5.41) is 1.53. The number of hydrogen-bond acceptors (Lipinski definition) is 2. The fourth-order valence-corrected chi connectivity index (χ4v) is 2.82. The molecule has 0 aliphatic rings. The summed E-state index contributed by atoms with van der Waals surface area (Å²) < 4.78 is 13.9. The fourth-order valence-electron chi connectivity index (χ4n) is 1.64. The van der Waals surface area contributed by atoms with Gasteiger partial charge in [-0.2, -0.15) is 0 Å². The van der Waals surface area contributed by atoms with Crippen molar-refractivity contribution in [3.63, 3.8) is 0 Å². The van der Waals surface area contributed by atoms with Gasteiger partial charge in [0.1, 0.15) is 10.8 Å². The smallest absolute Gasteiger partial charge is 0.124 e. The predicted octanol–water partition coefficient (Wildman–Crippen LogP) is 4.76. The predicted molar refractivity (Wildman–Crippen MR) is 70.0 cm³/mol. The highest BCUT2D eigenvalue weighted by atomic mass is 35.5. The molecule has 0 spiro atoms. The lowest BCUT2D eigenvalue weighted by molar-refractivity contribution is 0.630. The van der Waals surface area contributed by atoms with Crippen molar-refractivity contribution in [1.29, 1.82) is 0 Å². The molecule has 0 fully saturated rings. The Labute approximate surface area is 106 Å². The zero-order valence-corrected chi connectivity index (χ0v) is 10.2. The molecule has 0 saturated heterocycles. The van der Waals surface area contributed by atoms with E-state index in [0.29, 0.717) is 5.02 Å². The lowest BCUT2D eigenvalue weighted by atomic mass is 10.2. The van der Waals surface area contributed by atoms with Crippen molar-refractivity contribution in [2.45, 2.75) is 0 Å². The largest absolute Gasteiger partial charge is 0.236 e. The number of aromatic nitrogens is 1. The van der Waals surface area contributed by atoms with Gasteiger partial charge in [-0.05, 0) is 30.3 Å². The lowest BCUT2D eigenvalue weighted by Gasteiger charge is -1.95. The molecule has 1 heterocycles. The summed E-state index contributed by atoms with van der Waals surface area (Å²) in [4.78, 5) is 4.46. The maximum absolute atomic E-state index is 13.1. The Morgan fingerprint density at radius 3 is 2.82 bits per heavy atom. The Balaban J connectivity index is 2.18. The topological polar surface area (TPSA) is 12.9 Å². The van der Waals surface area contributed by atoms with E-state index in [0.717, 1.165) is 20.8 Å². The Bertz CT molecular complexity index is 693. The fraction of sp³-hybridized carbons (Fsp3) is 0. The van der Waals surface area contributed by atoms with Crippen LogP contribution in [0.4, 0.5) is 4.39 Å². The zero-order valence-electron chi connectivity index (χ0n) is 8.65. The first kappa shape index (κ1) is 10.7. The second-order valence-corrected chi connectivity index (χ2v) is 5.11. The molecule has 0 unspecified atom stereocenters. The summed E-state index contributed by atoms with van der Waals surface area (Å²) in [6, 6.07) is 12.1. The van der Waals surface area contributed by atoms with Crippen LogP contribution in [-0.2, 0) is 0 Å². The monoisotopic (exact) mass is 263 g/mol. The average Bonchev–Trinajstić information content (AvgIpc) is 2.72. The molecule has 84 valence electrons. The minimum atomic E-state index is -0.237. The van der Waals surface area contributed by atoms with Gasteiger partial charge in [0.25, 0.3) is 0 Å². The number of benzene rings is 2. The third kappa shape index (κ3) is 2.04. The normalized spacial score (nSPS) is 10.9. The van der Waals surface area contributed by atoms with Gasteiger partial charge in [0.2, 0.25) is 0 Å². The van der Waals surface area contributed by atoms with E-state index in [9.17, 15) is 4.39 Å². The summed E-state index contributed by atoms with van der Waals surface area (Å²) in [6.45, 7) is 0. The van der Waals surface area contributed by atoms with Crippen molar-refractivity contribution in [2.24, 2.45) is 0 Å². The average molecular weight is 264 g/mol. The van der Waals surface area contributed by atoms with Gasteiger partial charge < -0.3 is 0 Å². The molecular weight excluding hydrogens is 257 g/mol. The van der Waals surface area contributed by atoms with Gasteiger partial charge in [-0.1, -0.05) is 23.7 Å². The van der Waals surface area contributed by atoms with Crippen molar-refractivity contribution in [3.8, 4) is 10.6 Å². The molecule has 1 nitrogen and oxygen atoms in total. The first-order valence-electron chi connectivity index (χ1n) is 5.04. The first-order valence-corrected chi connectivity index (χ1v) is 6.24. The zero-order chi connectivity index (χ0) is 11.8. The van der Waals surface area contributed by atoms with E-state index in [2.05, 4.69) is 4.98 Å². The second kappa shape index (κ2) is 4.09. The van der Waals surface area contributed by atoms with Gasteiger partial charge in [-0.3, -0.25) is 0 Å². The van der Waals surface area contributed by atoms with Crippen LogP contribution >= 0.6 is 22.9 Å². The number of fused-ring (bicyclic) bond motifs is 1. The summed E-state index contributed by atoms with van der Waals surface area (Å²) in [5.41, 5.74) is 1.77. The molecule has 0 radical (unpaired) electrons. The third-order valence-corrected chi connectivity index (χ3v) is 3.72. The Morgan fingerprint density at radius 2 is 2.00 bits per heavy atom. The minimum Gasteiger partial charge on any atom is -0.236 e. The van der Waals surface area contributed by atoms with Gasteiger partial charge in [0.05, 0.1) is 10.2 Å². The molecule has 0 saturated carbocycles. The number of thiazole rings is 1. The van der Waals surface area contributed by atoms with Crippen molar-refractivity contribution in [3.05, 3.63) is 53.3 Å². The highest BCUT2D eigenvalue weighted by Gasteiger charge is 2.07. The van der Waals surface area contributed by atoms with Crippen molar-refractivity contribution in [2.75, 3.05) is 0 Å². The number of rotatable bonds is 1. The highest BCUT2D eigenvalue weighted by molar-refractivity contribution is 7.21. The van der Waals surface area contributed by atoms with Crippen LogP contribution in [-0.4, -0.2) is 4.98 Å². The Kier molecular flexibility index (Phi) is 2.57. The van der Waals surface area contributed by atoms with E-state index in [1.54, 1.807) is 6.07 Å². The molecule has 0 aliphatic heterocycles. The van der Waals surface area contributed by atoms with Gasteiger partial charge in [-0.25, -0.2) is 9.37 Å². The summed E-state index contributed by atoms with van der Waals surface area (Å²) in [5.74, 6) is -0.237. The van der Waals surface area contributed by atoms with Crippen LogP contribution in [0, 0.1) is 5.82 Å². The van der Waals surface area contributed by atoms with Gasteiger partial charge in [0, 0.05) is 10.6 Å². The van der Waals surface area contributed by atoms with E-state index >= 15 is 0 Å². The molecule has 3 rings (SSSR count). The molecule has 1 aromatic heterocycles. The van der Waals surface area contributed by atoms with E-state index in [-0.39, 0.29) is 5.82 Å². The summed E-state index contributed by atoms with van der Waals surface area (Å²) >= 11 is 7.40. The maximum atomic E-state index is 13.1.